The highest BCUT2D eigenvalue weighted by Crippen LogP contribution is 2.33. The fourth-order valence-electron chi connectivity index (χ4n) is 6.31. The second-order valence-corrected chi connectivity index (χ2v) is 14.2. The number of aromatic nitrogens is 1. The molecule has 8 nitrogen and oxygen atoms in total. The number of nitrogens with zero attached hydrogens (tertiary/aromatic N) is 3. The molecular weight excluding hydrogens is 560 g/mol. The third-order valence-corrected chi connectivity index (χ3v) is 9.30. The lowest BCUT2D eigenvalue weighted by Crippen LogP contribution is -2.55. The largest absolute Gasteiger partial charge is 0.391 e. The average Bonchev–Trinajstić information content (AvgIpc) is 3.64. The Kier molecular flexibility index (Phi) is 8.77. The first-order chi connectivity index (χ1) is 20.3. The van der Waals surface area contributed by atoms with Crippen LogP contribution in [0.2, 0.25) is 0 Å². The SMILES string of the molecule is Cc1ncsc1-c1ccc(CNC(=O)[C@@H]2C[C@@H](O)CN2C(=O)[C@H](C(C)C)N2Cc3ccccc3C2=O)c(CC(C)(C)C)c1. The summed E-state index contributed by atoms with van der Waals surface area (Å²) in [5.74, 6) is -0.947. The quantitative estimate of drug-likeness (QED) is 0.379. The molecule has 2 aliphatic heterocycles. The predicted octanol–water partition coefficient (Wildman–Crippen LogP) is 4.97. The molecule has 2 aliphatic rings. The number of likely N-dealkylation sites (tertiary alicyclic amines) is 1. The maximum absolute atomic E-state index is 14.0. The number of benzene rings is 2. The summed E-state index contributed by atoms with van der Waals surface area (Å²) in [4.78, 5) is 49.6. The summed E-state index contributed by atoms with van der Waals surface area (Å²) in [6.07, 6.45) is 0.186. The molecule has 1 aromatic heterocycles. The number of thiazole rings is 1. The number of aliphatic hydroxyl groups excluding tert-OH is 1. The van der Waals surface area contributed by atoms with E-state index in [-0.39, 0.29) is 42.0 Å². The summed E-state index contributed by atoms with van der Waals surface area (Å²) in [5, 5.41) is 13.7. The maximum atomic E-state index is 14.0. The molecule has 1 fully saturated rings. The van der Waals surface area contributed by atoms with Gasteiger partial charge in [0.1, 0.15) is 12.1 Å². The van der Waals surface area contributed by atoms with E-state index in [1.807, 2.05) is 44.5 Å². The minimum atomic E-state index is -0.811. The lowest BCUT2D eigenvalue weighted by atomic mass is 9.85. The van der Waals surface area contributed by atoms with Gasteiger partial charge in [-0.15, -0.1) is 11.3 Å². The van der Waals surface area contributed by atoms with Crippen molar-refractivity contribution in [1.29, 1.82) is 0 Å². The highest BCUT2D eigenvalue weighted by molar-refractivity contribution is 7.13. The van der Waals surface area contributed by atoms with Gasteiger partial charge in [-0.3, -0.25) is 14.4 Å². The molecule has 3 atom stereocenters. The van der Waals surface area contributed by atoms with Crippen molar-refractivity contribution in [2.75, 3.05) is 6.54 Å². The molecule has 3 amide bonds. The van der Waals surface area contributed by atoms with Gasteiger partial charge in [0.05, 0.1) is 22.2 Å². The van der Waals surface area contributed by atoms with Crippen molar-refractivity contribution in [2.45, 2.75) is 85.7 Å². The van der Waals surface area contributed by atoms with Crippen LogP contribution in [0, 0.1) is 18.3 Å². The Morgan fingerprint density at radius 3 is 2.53 bits per heavy atom. The number of hydrogen-bond donors (Lipinski definition) is 2. The first-order valence-electron chi connectivity index (χ1n) is 15.0. The second kappa shape index (κ2) is 12.2. The lowest BCUT2D eigenvalue weighted by molar-refractivity contribution is -0.143. The summed E-state index contributed by atoms with van der Waals surface area (Å²) in [6, 6.07) is 12.2. The van der Waals surface area contributed by atoms with Crippen molar-refractivity contribution in [3.63, 3.8) is 0 Å². The van der Waals surface area contributed by atoms with E-state index in [0.717, 1.165) is 39.2 Å². The van der Waals surface area contributed by atoms with Crippen molar-refractivity contribution < 1.29 is 19.5 Å². The maximum Gasteiger partial charge on any atom is 0.255 e. The first-order valence-corrected chi connectivity index (χ1v) is 15.9. The van der Waals surface area contributed by atoms with E-state index < -0.39 is 18.2 Å². The molecule has 43 heavy (non-hydrogen) atoms. The van der Waals surface area contributed by atoms with Gasteiger partial charge >= 0.3 is 0 Å². The van der Waals surface area contributed by atoms with Crippen molar-refractivity contribution in [3.8, 4) is 10.4 Å². The number of β-amino-alcohol motifs (C(OH)–C–C–N with tert-alkyl or cyclic N) is 1. The number of aliphatic hydroxyl groups is 1. The van der Waals surface area contributed by atoms with Gasteiger partial charge < -0.3 is 20.2 Å². The second-order valence-electron chi connectivity index (χ2n) is 13.4. The highest BCUT2D eigenvalue weighted by Gasteiger charge is 2.45. The Labute approximate surface area is 258 Å². The Balaban J connectivity index is 1.34. The Hall–Kier alpha value is -3.56. The van der Waals surface area contributed by atoms with Crippen molar-refractivity contribution in [3.05, 3.63) is 75.9 Å². The van der Waals surface area contributed by atoms with Crippen LogP contribution in [0.15, 0.2) is 48.0 Å². The zero-order chi connectivity index (χ0) is 31.1. The fourth-order valence-corrected chi connectivity index (χ4v) is 7.11. The smallest absolute Gasteiger partial charge is 0.255 e. The zero-order valence-electron chi connectivity index (χ0n) is 25.9. The topological polar surface area (TPSA) is 103 Å². The van der Waals surface area contributed by atoms with Crippen molar-refractivity contribution in [2.24, 2.45) is 11.3 Å². The van der Waals surface area contributed by atoms with E-state index in [1.54, 1.807) is 22.3 Å². The number of fused-ring (bicyclic) bond motifs is 1. The van der Waals surface area contributed by atoms with E-state index in [1.165, 1.54) is 4.90 Å². The molecule has 9 heteroatoms. The van der Waals surface area contributed by atoms with Gasteiger partial charge in [0.25, 0.3) is 5.91 Å². The lowest BCUT2D eigenvalue weighted by Gasteiger charge is -2.35. The van der Waals surface area contributed by atoms with E-state index in [9.17, 15) is 19.5 Å². The van der Waals surface area contributed by atoms with E-state index in [4.69, 9.17) is 0 Å². The average molecular weight is 603 g/mol. The van der Waals surface area contributed by atoms with E-state index >= 15 is 0 Å². The van der Waals surface area contributed by atoms with Gasteiger partial charge in [-0.1, -0.05) is 65.0 Å². The minimum absolute atomic E-state index is 0.0391. The molecule has 0 bridgehead atoms. The molecule has 5 rings (SSSR count). The van der Waals surface area contributed by atoms with E-state index in [0.29, 0.717) is 18.7 Å². The summed E-state index contributed by atoms with van der Waals surface area (Å²) in [6.45, 7) is 13.1. The molecule has 2 N–H and O–H groups in total. The molecule has 3 aromatic rings. The summed E-state index contributed by atoms with van der Waals surface area (Å²) in [5.41, 5.74) is 7.68. The van der Waals surface area contributed by atoms with Crippen LogP contribution in [0.25, 0.3) is 10.4 Å². The molecule has 1 saturated heterocycles. The number of carbonyl (C=O) groups excluding carboxylic acids is 3. The van der Waals surface area contributed by atoms with Crippen LogP contribution >= 0.6 is 11.3 Å². The molecule has 228 valence electrons. The fraction of sp³-hybridized carbons (Fsp3) is 0.471. The number of amides is 3. The Morgan fingerprint density at radius 2 is 1.88 bits per heavy atom. The first kappa shape index (κ1) is 30.9. The number of nitrogens with one attached hydrogen (secondary N) is 1. The molecule has 3 heterocycles. The summed E-state index contributed by atoms with van der Waals surface area (Å²) < 4.78 is 0. The number of carbonyl (C=O) groups is 3. The number of hydrogen-bond acceptors (Lipinski definition) is 6. The predicted molar refractivity (Wildman–Crippen MR) is 168 cm³/mol. The van der Waals surface area contributed by atoms with Crippen molar-refractivity contribution >= 4 is 29.1 Å². The van der Waals surface area contributed by atoms with Crippen molar-refractivity contribution in [1.82, 2.24) is 20.1 Å². The third kappa shape index (κ3) is 6.53. The van der Waals surface area contributed by atoms with Gasteiger partial charge in [-0.2, -0.15) is 0 Å². The molecule has 0 spiro atoms. The standard InChI is InChI=1S/C34H42N4O4S/c1-20(2)29(38-17-24-9-7-8-10-27(24)32(38)41)33(42)37-18-26(39)14-28(37)31(40)35-16-23-12-11-22(30-21(3)36-19-43-30)13-25(23)15-34(4,5)6/h7-13,19-20,26,28-29,39H,14-18H2,1-6H3,(H,35,40)/t26-,28+,29+/m1/s1. The van der Waals surface area contributed by atoms with Gasteiger partial charge in [0.15, 0.2) is 0 Å². The number of aryl methyl sites for hydroxylation is 1. The van der Waals surface area contributed by atoms with Crippen LogP contribution in [0.5, 0.6) is 0 Å². The molecule has 0 unspecified atom stereocenters. The third-order valence-electron chi connectivity index (χ3n) is 8.32. The molecule has 2 aromatic carbocycles. The zero-order valence-corrected chi connectivity index (χ0v) is 26.7. The molecule has 0 aliphatic carbocycles. The Bertz CT molecular complexity index is 1520. The van der Waals surface area contributed by atoms with Crippen LogP contribution in [0.4, 0.5) is 0 Å². The Morgan fingerprint density at radius 1 is 1.14 bits per heavy atom. The van der Waals surface area contributed by atoms with Crippen LogP contribution in [0.1, 0.15) is 73.8 Å². The molecule has 0 radical (unpaired) electrons. The van der Waals surface area contributed by atoms with Crippen LogP contribution in [0.3, 0.4) is 0 Å². The molecule has 0 saturated carbocycles. The summed E-state index contributed by atoms with van der Waals surface area (Å²) >= 11 is 1.62. The van der Waals surface area contributed by atoms with Crippen LogP contribution in [-0.2, 0) is 29.1 Å². The van der Waals surface area contributed by atoms with Crippen LogP contribution in [-0.4, -0.2) is 62.3 Å². The normalized spacial score (nSPS) is 19.2. The van der Waals surface area contributed by atoms with Gasteiger partial charge in [0.2, 0.25) is 11.8 Å². The van der Waals surface area contributed by atoms with Crippen LogP contribution < -0.4 is 5.32 Å². The highest BCUT2D eigenvalue weighted by atomic mass is 32.1. The number of rotatable bonds is 8. The van der Waals surface area contributed by atoms with Gasteiger partial charge in [-0.05, 0) is 59.1 Å². The van der Waals surface area contributed by atoms with Gasteiger partial charge in [-0.25, -0.2) is 4.98 Å². The molecular formula is C34H42N4O4S. The monoisotopic (exact) mass is 602 g/mol. The summed E-state index contributed by atoms with van der Waals surface area (Å²) in [7, 11) is 0. The van der Waals surface area contributed by atoms with Gasteiger partial charge in [0, 0.05) is 31.6 Å². The minimum Gasteiger partial charge on any atom is -0.391 e. The van der Waals surface area contributed by atoms with E-state index in [2.05, 4.69) is 49.3 Å².